The number of hydrogen-bond acceptors (Lipinski definition) is 4. The first-order chi connectivity index (χ1) is 13.8. The Morgan fingerprint density at radius 2 is 1.62 bits per heavy atom. The van der Waals surface area contributed by atoms with Crippen LogP contribution in [-0.2, 0) is 20.8 Å². The zero-order valence-electron chi connectivity index (χ0n) is 16.5. The summed E-state index contributed by atoms with van der Waals surface area (Å²) in [4.78, 5) is 35.9. The van der Waals surface area contributed by atoms with Gasteiger partial charge < -0.3 is 10.6 Å². The Labute approximate surface area is 174 Å². The van der Waals surface area contributed by atoms with Crippen LogP contribution in [0.4, 0.5) is 11.4 Å². The van der Waals surface area contributed by atoms with E-state index >= 15 is 0 Å². The summed E-state index contributed by atoms with van der Waals surface area (Å²) >= 11 is 6.03. The van der Waals surface area contributed by atoms with Crippen molar-refractivity contribution in [3.05, 3.63) is 58.6 Å². The number of rotatable bonds is 6. The molecule has 0 heterocycles. The van der Waals surface area contributed by atoms with Crippen LogP contribution < -0.4 is 16.1 Å². The van der Waals surface area contributed by atoms with Gasteiger partial charge in [-0.3, -0.25) is 14.4 Å². The van der Waals surface area contributed by atoms with Gasteiger partial charge in [0.05, 0.1) is 6.42 Å². The van der Waals surface area contributed by atoms with Crippen LogP contribution in [0.2, 0.25) is 5.02 Å². The highest BCUT2D eigenvalue weighted by molar-refractivity contribution is 6.39. The minimum absolute atomic E-state index is 0.0497. The topological polar surface area (TPSA) is 99.7 Å². The maximum absolute atomic E-state index is 12.1. The fourth-order valence-corrected chi connectivity index (χ4v) is 2.54. The number of hydrazone groups is 1. The molecule has 152 valence electrons. The van der Waals surface area contributed by atoms with E-state index < -0.39 is 11.8 Å². The first-order valence-corrected chi connectivity index (χ1v) is 9.45. The maximum atomic E-state index is 12.1. The van der Waals surface area contributed by atoms with E-state index in [0.29, 0.717) is 22.1 Å². The van der Waals surface area contributed by atoms with Crippen LogP contribution in [0.5, 0.6) is 0 Å². The Balaban J connectivity index is 1.83. The van der Waals surface area contributed by atoms with Crippen molar-refractivity contribution in [2.24, 2.45) is 5.10 Å². The molecule has 2 rings (SSSR count). The molecule has 0 radical (unpaired) electrons. The molecule has 0 aliphatic rings. The summed E-state index contributed by atoms with van der Waals surface area (Å²) in [5.41, 5.74) is 5.60. The molecular formula is C21H23ClN4O3. The molecule has 0 fully saturated rings. The lowest BCUT2D eigenvalue weighted by molar-refractivity contribution is -0.136. The van der Waals surface area contributed by atoms with E-state index in [1.807, 2.05) is 26.0 Å². The van der Waals surface area contributed by atoms with Gasteiger partial charge in [0.1, 0.15) is 0 Å². The number of benzene rings is 2. The summed E-state index contributed by atoms with van der Waals surface area (Å²) in [5, 5.41) is 9.53. The van der Waals surface area contributed by atoms with Crippen LogP contribution >= 0.6 is 11.6 Å². The van der Waals surface area contributed by atoms with Crippen molar-refractivity contribution in [1.82, 2.24) is 5.43 Å². The van der Waals surface area contributed by atoms with Crippen molar-refractivity contribution in [3.63, 3.8) is 0 Å². The van der Waals surface area contributed by atoms with Crippen LogP contribution in [0.25, 0.3) is 0 Å². The molecule has 0 spiro atoms. The minimum atomic E-state index is -0.922. The third kappa shape index (κ3) is 7.04. The van der Waals surface area contributed by atoms with Crippen molar-refractivity contribution in [2.45, 2.75) is 33.6 Å². The zero-order chi connectivity index (χ0) is 21.4. The number of nitrogens with zero attached hydrogens (tertiary/aromatic N) is 1. The van der Waals surface area contributed by atoms with Gasteiger partial charge in [0, 0.05) is 22.1 Å². The van der Waals surface area contributed by atoms with Crippen LogP contribution in [0.15, 0.2) is 47.6 Å². The summed E-state index contributed by atoms with van der Waals surface area (Å²) in [6.07, 6.45) is 0.832. The molecule has 3 N–H and O–H groups in total. The fraction of sp³-hybridized carbons (Fsp3) is 0.238. The Morgan fingerprint density at radius 1 is 0.966 bits per heavy atom. The first-order valence-electron chi connectivity index (χ1n) is 9.08. The van der Waals surface area contributed by atoms with Gasteiger partial charge in [-0.2, -0.15) is 5.10 Å². The standard InChI is InChI=1S/C21H23ClN4O3/c1-4-15-6-9-16(10-7-15)24-20(28)21(29)26-25-14(3)11-19(27)23-17-8-5-13(2)18(22)12-17/h5-10,12H,4,11H2,1-3H3,(H,23,27)(H,24,28)(H,26,29)/b25-14-. The molecule has 0 aliphatic heterocycles. The molecule has 0 unspecified atom stereocenters. The van der Waals surface area contributed by atoms with Crippen molar-refractivity contribution in [3.8, 4) is 0 Å². The highest BCUT2D eigenvalue weighted by atomic mass is 35.5. The average molecular weight is 415 g/mol. The molecular weight excluding hydrogens is 392 g/mol. The quantitative estimate of drug-likeness (QED) is 0.382. The second-order valence-electron chi connectivity index (χ2n) is 6.48. The van der Waals surface area contributed by atoms with Gasteiger partial charge in [0.15, 0.2) is 0 Å². The Kier molecular flexibility index (Phi) is 7.91. The van der Waals surface area contributed by atoms with Crippen LogP contribution in [-0.4, -0.2) is 23.4 Å². The Bertz CT molecular complexity index is 939. The summed E-state index contributed by atoms with van der Waals surface area (Å²) in [5.74, 6) is -2.08. The van der Waals surface area contributed by atoms with Crippen LogP contribution in [0, 0.1) is 6.92 Å². The van der Waals surface area contributed by atoms with Crippen molar-refractivity contribution in [1.29, 1.82) is 0 Å². The lowest BCUT2D eigenvalue weighted by atomic mass is 10.1. The highest BCUT2D eigenvalue weighted by Crippen LogP contribution is 2.20. The number of carbonyl (C=O) groups excluding carboxylic acids is 3. The third-order valence-electron chi connectivity index (χ3n) is 4.05. The molecule has 0 saturated heterocycles. The predicted molar refractivity (Wildman–Crippen MR) is 115 cm³/mol. The molecule has 3 amide bonds. The molecule has 2 aromatic rings. The van der Waals surface area contributed by atoms with Gasteiger partial charge in [-0.05, 0) is 55.7 Å². The lowest BCUT2D eigenvalue weighted by Gasteiger charge is -2.07. The SMILES string of the molecule is CCc1ccc(NC(=O)C(=O)N/N=C(/C)CC(=O)Nc2ccc(C)c(Cl)c2)cc1. The van der Waals surface area contributed by atoms with Gasteiger partial charge in [0.2, 0.25) is 5.91 Å². The number of carbonyl (C=O) groups is 3. The lowest BCUT2D eigenvalue weighted by Crippen LogP contribution is -2.33. The second kappa shape index (κ2) is 10.4. The molecule has 7 nitrogen and oxygen atoms in total. The van der Waals surface area contributed by atoms with E-state index in [9.17, 15) is 14.4 Å². The zero-order valence-corrected chi connectivity index (χ0v) is 17.3. The van der Waals surface area contributed by atoms with E-state index in [4.69, 9.17) is 11.6 Å². The normalized spacial score (nSPS) is 11.0. The average Bonchev–Trinajstić information content (AvgIpc) is 2.69. The van der Waals surface area contributed by atoms with Gasteiger partial charge in [-0.15, -0.1) is 0 Å². The first kappa shape index (κ1) is 22.1. The molecule has 8 heteroatoms. The summed E-state index contributed by atoms with van der Waals surface area (Å²) in [6.45, 7) is 5.46. The van der Waals surface area contributed by atoms with Crippen molar-refractivity contribution in [2.75, 3.05) is 10.6 Å². The van der Waals surface area contributed by atoms with E-state index in [1.165, 1.54) is 0 Å². The second-order valence-corrected chi connectivity index (χ2v) is 6.89. The number of halogens is 1. The van der Waals surface area contributed by atoms with Crippen LogP contribution in [0.3, 0.4) is 0 Å². The number of hydrogen-bond donors (Lipinski definition) is 3. The molecule has 0 aromatic heterocycles. The van der Waals surface area contributed by atoms with E-state index in [1.54, 1.807) is 37.3 Å². The van der Waals surface area contributed by atoms with Gasteiger partial charge in [-0.1, -0.05) is 36.7 Å². The highest BCUT2D eigenvalue weighted by Gasteiger charge is 2.13. The number of aryl methyl sites for hydroxylation is 2. The van der Waals surface area contributed by atoms with Crippen LogP contribution in [0.1, 0.15) is 31.4 Å². The van der Waals surface area contributed by atoms with Gasteiger partial charge in [-0.25, -0.2) is 5.43 Å². The number of amides is 3. The summed E-state index contributed by atoms with van der Waals surface area (Å²) in [7, 11) is 0. The van der Waals surface area contributed by atoms with Gasteiger partial charge >= 0.3 is 11.8 Å². The molecule has 2 aromatic carbocycles. The largest absolute Gasteiger partial charge is 0.329 e. The number of anilines is 2. The third-order valence-corrected chi connectivity index (χ3v) is 4.45. The monoisotopic (exact) mass is 414 g/mol. The van der Waals surface area contributed by atoms with E-state index in [0.717, 1.165) is 17.5 Å². The minimum Gasteiger partial charge on any atom is -0.326 e. The summed E-state index contributed by atoms with van der Waals surface area (Å²) < 4.78 is 0. The smallest absolute Gasteiger partial charge is 0.326 e. The predicted octanol–water partition coefficient (Wildman–Crippen LogP) is 3.67. The van der Waals surface area contributed by atoms with E-state index in [-0.39, 0.29) is 12.3 Å². The fourth-order valence-electron chi connectivity index (χ4n) is 2.36. The van der Waals surface area contributed by atoms with Gasteiger partial charge in [0.25, 0.3) is 0 Å². The maximum Gasteiger partial charge on any atom is 0.329 e. The number of nitrogens with one attached hydrogen (secondary N) is 3. The molecule has 0 atom stereocenters. The van der Waals surface area contributed by atoms with E-state index in [2.05, 4.69) is 21.2 Å². The van der Waals surface area contributed by atoms with Crippen molar-refractivity contribution < 1.29 is 14.4 Å². The Morgan fingerprint density at radius 3 is 2.24 bits per heavy atom. The molecule has 0 saturated carbocycles. The molecule has 0 aliphatic carbocycles. The Hall–Kier alpha value is -3.19. The van der Waals surface area contributed by atoms with Crippen molar-refractivity contribution >= 4 is 46.4 Å². The molecule has 29 heavy (non-hydrogen) atoms. The summed E-state index contributed by atoms with van der Waals surface area (Å²) in [6, 6.07) is 12.4. The molecule has 0 bridgehead atoms.